The first-order valence-corrected chi connectivity index (χ1v) is 4.88. The zero-order valence-electron chi connectivity index (χ0n) is 9.02. The highest BCUT2D eigenvalue weighted by molar-refractivity contribution is 5.42. The Morgan fingerprint density at radius 2 is 2.29 bits per heavy atom. The third-order valence-electron chi connectivity index (χ3n) is 2.19. The van der Waals surface area contributed by atoms with Crippen molar-refractivity contribution in [2.75, 3.05) is 0 Å². The van der Waals surface area contributed by atoms with Crippen molar-refractivity contribution in [3.05, 3.63) is 40.2 Å². The summed E-state index contributed by atoms with van der Waals surface area (Å²) in [6.45, 7) is 1.74. The molecular weight excluding hydrogens is 224 g/mol. The smallest absolute Gasteiger partial charge is 0.271 e. The number of hydrogen-bond donors (Lipinski definition) is 1. The lowest BCUT2D eigenvalue weighted by atomic mass is 10.2. The molecule has 1 aromatic carbocycles. The molecule has 0 amide bonds. The molecule has 2 aromatic rings. The first kappa shape index (κ1) is 11.1. The monoisotopic (exact) mass is 234 g/mol. The lowest BCUT2D eigenvalue weighted by molar-refractivity contribution is -0.384. The van der Waals surface area contributed by atoms with E-state index < -0.39 is 4.92 Å². The zero-order valence-corrected chi connectivity index (χ0v) is 9.02. The number of rotatable bonds is 3. The highest BCUT2D eigenvalue weighted by Crippen LogP contribution is 2.18. The van der Waals surface area contributed by atoms with E-state index in [9.17, 15) is 10.1 Å². The molecule has 1 heterocycles. The highest BCUT2D eigenvalue weighted by atomic mass is 16.6. The van der Waals surface area contributed by atoms with Gasteiger partial charge in [-0.2, -0.15) is 4.68 Å². The minimum absolute atomic E-state index is 0.0198. The summed E-state index contributed by atoms with van der Waals surface area (Å²) in [5, 5.41) is 21.7. The van der Waals surface area contributed by atoms with Crippen LogP contribution < -0.4 is 5.73 Å². The van der Waals surface area contributed by atoms with Crippen molar-refractivity contribution in [3.8, 4) is 5.69 Å². The lowest BCUT2D eigenvalue weighted by Gasteiger charge is -2.06. The number of tetrazole rings is 1. The van der Waals surface area contributed by atoms with E-state index in [-0.39, 0.29) is 11.7 Å². The number of nitro groups is 1. The second-order valence-electron chi connectivity index (χ2n) is 3.51. The number of hydrogen-bond acceptors (Lipinski definition) is 6. The molecule has 8 heteroatoms. The van der Waals surface area contributed by atoms with Gasteiger partial charge < -0.3 is 5.73 Å². The van der Waals surface area contributed by atoms with Crippen molar-refractivity contribution in [1.82, 2.24) is 20.2 Å². The number of nitro benzene ring substituents is 1. The van der Waals surface area contributed by atoms with E-state index in [0.717, 1.165) is 0 Å². The zero-order chi connectivity index (χ0) is 12.4. The average Bonchev–Trinajstić information content (AvgIpc) is 2.78. The minimum Gasteiger partial charge on any atom is -0.321 e. The van der Waals surface area contributed by atoms with Crippen molar-refractivity contribution in [3.63, 3.8) is 0 Å². The van der Waals surface area contributed by atoms with Gasteiger partial charge in [-0.05, 0) is 23.4 Å². The van der Waals surface area contributed by atoms with Gasteiger partial charge in [0.2, 0.25) is 0 Å². The molecule has 0 radical (unpaired) electrons. The molecule has 1 atom stereocenters. The second-order valence-corrected chi connectivity index (χ2v) is 3.51. The number of aromatic nitrogens is 4. The fourth-order valence-corrected chi connectivity index (χ4v) is 1.40. The van der Waals surface area contributed by atoms with E-state index in [1.807, 2.05) is 0 Å². The van der Waals surface area contributed by atoms with Gasteiger partial charge in [-0.15, -0.1) is 5.10 Å². The summed E-state index contributed by atoms with van der Waals surface area (Å²) in [7, 11) is 0. The fraction of sp³-hybridized carbons (Fsp3) is 0.222. The maximum atomic E-state index is 10.7. The van der Waals surface area contributed by atoms with Crippen molar-refractivity contribution < 1.29 is 4.92 Å². The Hall–Kier alpha value is -2.35. The van der Waals surface area contributed by atoms with E-state index in [2.05, 4.69) is 15.5 Å². The molecule has 0 aliphatic carbocycles. The van der Waals surface area contributed by atoms with Gasteiger partial charge in [0, 0.05) is 12.1 Å². The third-order valence-corrected chi connectivity index (χ3v) is 2.19. The van der Waals surface area contributed by atoms with E-state index in [1.54, 1.807) is 19.1 Å². The summed E-state index contributed by atoms with van der Waals surface area (Å²) in [4.78, 5) is 10.2. The van der Waals surface area contributed by atoms with Gasteiger partial charge in [0.05, 0.1) is 16.7 Å². The molecule has 8 nitrogen and oxygen atoms in total. The van der Waals surface area contributed by atoms with Gasteiger partial charge in [-0.3, -0.25) is 10.1 Å². The molecule has 0 saturated carbocycles. The predicted molar refractivity (Wildman–Crippen MR) is 58.4 cm³/mol. The van der Waals surface area contributed by atoms with Crippen LogP contribution in [0.25, 0.3) is 5.69 Å². The molecule has 0 saturated heterocycles. The Kier molecular flexibility index (Phi) is 2.79. The maximum Gasteiger partial charge on any atom is 0.271 e. The van der Waals surface area contributed by atoms with E-state index >= 15 is 0 Å². The Morgan fingerprint density at radius 3 is 2.94 bits per heavy atom. The van der Waals surface area contributed by atoms with Gasteiger partial charge in [-0.1, -0.05) is 6.07 Å². The molecule has 0 fully saturated rings. The summed E-state index contributed by atoms with van der Waals surface area (Å²) in [6.07, 6.45) is 0. The Morgan fingerprint density at radius 1 is 1.53 bits per heavy atom. The van der Waals surface area contributed by atoms with Crippen LogP contribution in [0.4, 0.5) is 5.69 Å². The van der Waals surface area contributed by atoms with Gasteiger partial charge in [0.1, 0.15) is 0 Å². The molecule has 17 heavy (non-hydrogen) atoms. The second kappa shape index (κ2) is 4.26. The Balaban J connectivity index is 2.49. The van der Waals surface area contributed by atoms with Crippen LogP contribution in [0.1, 0.15) is 18.8 Å². The summed E-state index contributed by atoms with van der Waals surface area (Å²) in [5.41, 5.74) is 6.19. The Bertz CT molecular complexity index is 550. The van der Waals surface area contributed by atoms with Crippen LogP contribution in [-0.2, 0) is 0 Å². The first-order valence-electron chi connectivity index (χ1n) is 4.88. The van der Waals surface area contributed by atoms with Crippen LogP contribution in [0.3, 0.4) is 0 Å². The number of non-ortho nitro benzene ring substituents is 1. The van der Waals surface area contributed by atoms with Crippen LogP contribution >= 0.6 is 0 Å². The van der Waals surface area contributed by atoms with Crippen LogP contribution in [0.5, 0.6) is 0 Å². The SMILES string of the molecule is CC(N)c1nnnn1-c1cccc([N+](=O)[O-])c1. The van der Waals surface area contributed by atoms with Crippen molar-refractivity contribution in [1.29, 1.82) is 0 Å². The van der Waals surface area contributed by atoms with Gasteiger partial charge >= 0.3 is 0 Å². The molecule has 0 bridgehead atoms. The van der Waals surface area contributed by atoms with Crippen LogP contribution in [0, 0.1) is 10.1 Å². The normalized spacial score (nSPS) is 12.4. The van der Waals surface area contributed by atoms with E-state index in [1.165, 1.54) is 16.8 Å². The van der Waals surface area contributed by atoms with Gasteiger partial charge in [-0.25, -0.2) is 0 Å². The van der Waals surface area contributed by atoms with Crippen molar-refractivity contribution >= 4 is 5.69 Å². The van der Waals surface area contributed by atoms with Gasteiger partial charge in [0.15, 0.2) is 5.82 Å². The van der Waals surface area contributed by atoms with Gasteiger partial charge in [0.25, 0.3) is 5.69 Å². The molecule has 0 aliphatic rings. The van der Waals surface area contributed by atoms with Crippen molar-refractivity contribution in [2.24, 2.45) is 5.73 Å². The Labute approximate surface area is 96.2 Å². The van der Waals surface area contributed by atoms with E-state index in [0.29, 0.717) is 11.5 Å². The summed E-state index contributed by atoms with van der Waals surface area (Å²) in [5.74, 6) is 0.450. The average molecular weight is 234 g/mol. The standard InChI is InChI=1S/C9H10N6O2/c1-6(10)9-11-12-13-14(9)7-3-2-4-8(5-7)15(16)17/h2-6H,10H2,1H3. The fourth-order valence-electron chi connectivity index (χ4n) is 1.40. The van der Waals surface area contributed by atoms with Crippen LogP contribution in [0.15, 0.2) is 24.3 Å². The topological polar surface area (TPSA) is 113 Å². The summed E-state index contributed by atoms with van der Waals surface area (Å²) >= 11 is 0. The van der Waals surface area contributed by atoms with Crippen LogP contribution in [0.2, 0.25) is 0 Å². The third kappa shape index (κ3) is 2.11. The van der Waals surface area contributed by atoms with Crippen LogP contribution in [-0.4, -0.2) is 25.1 Å². The molecule has 88 valence electrons. The molecule has 2 N–H and O–H groups in total. The maximum absolute atomic E-state index is 10.7. The number of nitrogens with zero attached hydrogens (tertiary/aromatic N) is 5. The quantitative estimate of drug-likeness (QED) is 0.614. The van der Waals surface area contributed by atoms with E-state index in [4.69, 9.17) is 5.73 Å². The summed E-state index contributed by atoms with van der Waals surface area (Å²) < 4.78 is 1.39. The minimum atomic E-state index is -0.473. The molecule has 1 aromatic heterocycles. The number of benzene rings is 1. The molecule has 2 rings (SSSR count). The largest absolute Gasteiger partial charge is 0.321 e. The molecule has 1 unspecified atom stereocenters. The highest BCUT2D eigenvalue weighted by Gasteiger charge is 2.14. The number of nitrogens with two attached hydrogens (primary N) is 1. The molecular formula is C9H10N6O2. The molecule has 0 spiro atoms. The lowest BCUT2D eigenvalue weighted by Crippen LogP contribution is -2.13. The first-order chi connectivity index (χ1) is 8.09. The predicted octanol–water partition coefficient (Wildman–Crippen LogP) is 0.590. The van der Waals surface area contributed by atoms with Crippen molar-refractivity contribution in [2.45, 2.75) is 13.0 Å². The molecule has 0 aliphatic heterocycles. The summed E-state index contributed by atoms with van der Waals surface area (Å²) in [6, 6.07) is 5.68.